The smallest absolute Gasteiger partial charge is 0.318 e. The van der Waals surface area contributed by atoms with Crippen molar-refractivity contribution in [1.29, 1.82) is 0 Å². The number of primary amides is 1. The Morgan fingerprint density at radius 3 is 1.85 bits per heavy atom. The molecule has 0 unspecified atom stereocenters. The van der Waals surface area contributed by atoms with Crippen LogP contribution in [-0.2, 0) is 4.79 Å². The van der Waals surface area contributed by atoms with E-state index in [1.54, 1.807) is 0 Å². The Morgan fingerprint density at radius 2 is 1.37 bits per heavy atom. The van der Waals surface area contributed by atoms with Gasteiger partial charge in [-0.15, -0.1) is 0 Å². The minimum absolute atomic E-state index is 0.0601. The quantitative estimate of drug-likeness (QED) is 0.691. The highest BCUT2D eigenvalue weighted by Crippen LogP contribution is 2.27. The number of carbonyl (C=O) groups excluding carboxylic acids is 2. The van der Waals surface area contributed by atoms with E-state index in [1.807, 2.05) is 30.3 Å². The highest BCUT2D eigenvalue weighted by Gasteiger charge is 2.27. The summed E-state index contributed by atoms with van der Waals surface area (Å²) in [5, 5.41) is 5.62. The SMILES string of the molecule is CC(C)c1ccc([C@@H](N[C@H](C(=O)NC(N)=O)c2ccccc2)C(C)C)cc1. The maximum atomic E-state index is 12.6. The topological polar surface area (TPSA) is 84.2 Å². The fourth-order valence-corrected chi connectivity index (χ4v) is 3.10. The molecule has 0 spiro atoms. The van der Waals surface area contributed by atoms with Crippen molar-refractivity contribution in [3.8, 4) is 0 Å². The predicted octanol–water partition coefficient (Wildman–Crippen LogP) is 4.03. The van der Waals surface area contributed by atoms with E-state index in [9.17, 15) is 9.59 Å². The van der Waals surface area contributed by atoms with Gasteiger partial charge in [-0.1, -0.05) is 82.3 Å². The molecule has 0 heterocycles. The number of urea groups is 1. The first-order valence-corrected chi connectivity index (χ1v) is 9.30. The van der Waals surface area contributed by atoms with E-state index in [2.05, 4.69) is 62.6 Å². The van der Waals surface area contributed by atoms with Crippen molar-refractivity contribution in [2.24, 2.45) is 11.7 Å². The standard InChI is InChI=1S/C22H29N3O2/c1-14(2)16-10-12-18(13-11-16)19(15(3)4)24-20(21(26)25-22(23)27)17-8-6-5-7-9-17/h5-15,19-20,24H,1-4H3,(H3,23,25,26,27)/t19-,20-/m0/s1. The lowest BCUT2D eigenvalue weighted by Gasteiger charge is -2.28. The van der Waals surface area contributed by atoms with Crippen LogP contribution in [0.1, 0.15) is 62.4 Å². The molecule has 0 radical (unpaired) electrons. The second-order valence-corrected chi connectivity index (χ2v) is 7.41. The molecule has 2 rings (SSSR count). The van der Waals surface area contributed by atoms with Crippen molar-refractivity contribution in [1.82, 2.24) is 10.6 Å². The van der Waals surface area contributed by atoms with Crippen molar-refractivity contribution in [3.63, 3.8) is 0 Å². The maximum absolute atomic E-state index is 12.6. The number of nitrogens with one attached hydrogen (secondary N) is 2. The summed E-state index contributed by atoms with van der Waals surface area (Å²) in [5.41, 5.74) is 8.31. The molecule has 0 aliphatic heterocycles. The largest absolute Gasteiger partial charge is 0.351 e. The van der Waals surface area contributed by atoms with Crippen molar-refractivity contribution in [2.45, 2.75) is 45.7 Å². The second kappa shape index (κ2) is 9.33. The highest BCUT2D eigenvalue weighted by atomic mass is 16.2. The van der Waals surface area contributed by atoms with Crippen LogP contribution in [0, 0.1) is 5.92 Å². The summed E-state index contributed by atoms with van der Waals surface area (Å²) in [6, 6.07) is 16.2. The van der Waals surface area contributed by atoms with Gasteiger partial charge in [0.1, 0.15) is 6.04 Å². The third-order valence-electron chi connectivity index (χ3n) is 4.62. The molecule has 5 heteroatoms. The third-order valence-corrected chi connectivity index (χ3v) is 4.62. The highest BCUT2D eigenvalue weighted by molar-refractivity contribution is 5.96. The van der Waals surface area contributed by atoms with Crippen molar-refractivity contribution < 1.29 is 9.59 Å². The molecular formula is C22H29N3O2. The summed E-state index contributed by atoms with van der Waals surface area (Å²) < 4.78 is 0. The van der Waals surface area contributed by atoms with E-state index in [4.69, 9.17) is 5.73 Å². The average Bonchev–Trinajstić information content (AvgIpc) is 2.62. The van der Waals surface area contributed by atoms with Crippen LogP contribution in [0.25, 0.3) is 0 Å². The zero-order valence-electron chi connectivity index (χ0n) is 16.4. The molecule has 0 aromatic heterocycles. The summed E-state index contributed by atoms with van der Waals surface area (Å²) in [6.45, 7) is 8.52. The number of imide groups is 1. The van der Waals surface area contributed by atoms with Crippen LogP contribution in [0.4, 0.5) is 4.79 Å². The lowest BCUT2D eigenvalue weighted by Crippen LogP contribution is -2.44. The number of amides is 3. The molecule has 0 saturated carbocycles. The minimum Gasteiger partial charge on any atom is -0.351 e. The van der Waals surface area contributed by atoms with Gasteiger partial charge in [0.15, 0.2) is 0 Å². The Morgan fingerprint density at radius 1 is 0.815 bits per heavy atom. The molecule has 144 valence electrons. The zero-order chi connectivity index (χ0) is 20.0. The molecule has 0 aliphatic rings. The molecule has 0 aliphatic carbocycles. The molecular weight excluding hydrogens is 338 g/mol. The molecule has 27 heavy (non-hydrogen) atoms. The van der Waals surface area contributed by atoms with Crippen LogP contribution in [0.2, 0.25) is 0 Å². The summed E-state index contributed by atoms with van der Waals surface area (Å²) in [5.74, 6) is 0.239. The maximum Gasteiger partial charge on any atom is 0.318 e. The fraction of sp³-hybridized carbons (Fsp3) is 0.364. The van der Waals surface area contributed by atoms with Crippen LogP contribution in [0.5, 0.6) is 0 Å². The van der Waals surface area contributed by atoms with Gasteiger partial charge in [-0.3, -0.25) is 15.4 Å². The number of benzene rings is 2. The van der Waals surface area contributed by atoms with Crippen LogP contribution < -0.4 is 16.4 Å². The van der Waals surface area contributed by atoms with Crippen molar-refractivity contribution in [3.05, 3.63) is 71.3 Å². The van der Waals surface area contributed by atoms with Gasteiger partial charge in [-0.05, 0) is 28.5 Å². The predicted molar refractivity (Wildman–Crippen MR) is 108 cm³/mol. The minimum atomic E-state index is -0.856. The van der Waals surface area contributed by atoms with Gasteiger partial charge >= 0.3 is 6.03 Å². The number of rotatable bonds is 7. The lowest BCUT2D eigenvalue weighted by molar-refractivity contribution is -0.122. The van der Waals surface area contributed by atoms with Gasteiger partial charge in [-0.25, -0.2) is 4.79 Å². The van der Waals surface area contributed by atoms with Gasteiger partial charge < -0.3 is 5.73 Å². The Balaban J connectivity index is 2.33. The monoisotopic (exact) mass is 367 g/mol. The molecule has 5 nitrogen and oxygen atoms in total. The van der Waals surface area contributed by atoms with E-state index < -0.39 is 18.0 Å². The first-order chi connectivity index (χ1) is 12.8. The van der Waals surface area contributed by atoms with Crippen LogP contribution >= 0.6 is 0 Å². The van der Waals surface area contributed by atoms with Crippen LogP contribution in [-0.4, -0.2) is 11.9 Å². The Kier molecular flexibility index (Phi) is 7.13. The zero-order valence-corrected chi connectivity index (χ0v) is 16.4. The summed E-state index contributed by atoms with van der Waals surface area (Å²) >= 11 is 0. The number of nitrogens with two attached hydrogens (primary N) is 1. The van der Waals surface area contributed by atoms with Crippen molar-refractivity contribution in [2.75, 3.05) is 0 Å². The Labute approximate surface area is 161 Å². The third kappa shape index (κ3) is 5.66. The average molecular weight is 367 g/mol. The molecule has 4 N–H and O–H groups in total. The van der Waals surface area contributed by atoms with E-state index in [0.717, 1.165) is 11.1 Å². The summed E-state index contributed by atoms with van der Waals surface area (Å²) in [4.78, 5) is 23.8. The number of hydrogen-bond acceptors (Lipinski definition) is 3. The molecule has 0 bridgehead atoms. The van der Waals surface area contributed by atoms with Crippen molar-refractivity contribution >= 4 is 11.9 Å². The van der Waals surface area contributed by atoms with Gasteiger partial charge in [0, 0.05) is 6.04 Å². The van der Waals surface area contributed by atoms with Gasteiger partial charge in [-0.2, -0.15) is 0 Å². The molecule has 0 fully saturated rings. The van der Waals surface area contributed by atoms with E-state index >= 15 is 0 Å². The number of carbonyl (C=O) groups is 2. The summed E-state index contributed by atoms with van der Waals surface area (Å²) in [7, 11) is 0. The molecule has 0 saturated heterocycles. The van der Waals surface area contributed by atoms with Crippen LogP contribution in [0.15, 0.2) is 54.6 Å². The summed E-state index contributed by atoms with van der Waals surface area (Å²) in [6.07, 6.45) is 0. The normalized spacial score (nSPS) is 13.4. The lowest BCUT2D eigenvalue weighted by atomic mass is 9.92. The molecule has 2 aromatic carbocycles. The first kappa shape index (κ1) is 20.6. The van der Waals surface area contributed by atoms with Gasteiger partial charge in [0.05, 0.1) is 0 Å². The van der Waals surface area contributed by atoms with E-state index in [1.165, 1.54) is 5.56 Å². The second-order valence-electron chi connectivity index (χ2n) is 7.41. The molecule has 2 aromatic rings. The fourth-order valence-electron chi connectivity index (χ4n) is 3.10. The molecule has 2 atom stereocenters. The molecule has 3 amide bonds. The van der Waals surface area contributed by atoms with Gasteiger partial charge in [0.2, 0.25) is 5.91 Å². The van der Waals surface area contributed by atoms with Crippen LogP contribution in [0.3, 0.4) is 0 Å². The first-order valence-electron chi connectivity index (χ1n) is 9.30. The Bertz CT molecular complexity index is 755. The Hall–Kier alpha value is -2.66. The van der Waals surface area contributed by atoms with E-state index in [-0.39, 0.29) is 12.0 Å². The van der Waals surface area contributed by atoms with E-state index in [0.29, 0.717) is 5.92 Å². The van der Waals surface area contributed by atoms with Gasteiger partial charge in [0.25, 0.3) is 0 Å². The number of hydrogen-bond donors (Lipinski definition) is 3.